The molecule has 6 heteroatoms. The second-order valence-corrected chi connectivity index (χ2v) is 4.74. The monoisotopic (exact) mass is 288 g/mol. The lowest BCUT2D eigenvalue weighted by Gasteiger charge is -2.06. The molecular formula is C15H20N4O2. The number of carbonyl (C=O) groups is 1. The number of benzene rings is 1. The van der Waals surface area contributed by atoms with Crippen molar-refractivity contribution in [1.82, 2.24) is 15.1 Å². The van der Waals surface area contributed by atoms with Crippen LogP contribution < -0.4 is 10.6 Å². The number of carbonyl (C=O) groups excluding carboxylic acids is 1. The molecule has 1 heterocycles. The number of nitrogens with zero attached hydrogens (tertiary/aromatic N) is 2. The van der Waals surface area contributed by atoms with E-state index in [9.17, 15) is 4.79 Å². The maximum absolute atomic E-state index is 11.3. The largest absolute Gasteiger partial charge is 0.394 e. The molecule has 1 aromatic heterocycles. The molecule has 0 aliphatic carbocycles. The molecule has 0 spiro atoms. The summed E-state index contributed by atoms with van der Waals surface area (Å²) in [6.07, 6.45) is 4.08. The number of hydrogen-bond acceptors (Lipinski definition) is 4. The van der Waals surface area contributed by atoms with Crippen LogP contribution in [-0.2, 0) is 24.3 Å². The van der Waals surface area contributed by atoms with E-state index < -0.39 is 0 Å². The first-order chi connectivity index (χ1) is 10.2. The maximum Gasteiger partial charge on any atom is 0.224 e. The molecule has 6 nitrogen and oxygen atoms in total. The van der Waals surface area contributed by atoms with Crippen LogP contribution >= 0.6 is 0 Å². The average molecular weight is 288 g/mol. The van der Waals surface area contributed by atoms with Crippen molar-refractivity contribution in [2.24, 2.45) is 0 Å². The summed E-state index contributed by atoms with van der Waals surface area (Å²) in [5.41, 5.74) is 3.03. The third kappa shape index (κ3) is 4.61. The molecular weight excluding hydrogens is 268 g/mol. The van der Waals surface area contributed by atoms with Gasteiger partial charge in [-0.2, -0.15) is 5.10 Å². The molecule has 0 radical (unpaired) electrons. The zero-order chi connectivity index (χ0) is 15.1. The average Bonchev–Trinajstić information content (AvgIpc) is 2.94. The van der Waals surface area contributed by atoms with Crippen molar-refractivity contribution in [1.29, 1.82) is 0 Å². The van der Waals surface area contributed by atoms with Crippen molar-refractivity contribution in [2.45, 2.75) is 19.5 Å². The van der Waals surface area contributed by atoms with Gasteiger partial charge in [0.1, 0.15) is 0 Å². The zero-order valence-electron chi connectivity index (χ0n) is 12.0. The van der Waals surface area contributed by atoms with Crippen molar-refractivity contribution in [3.05, 3.63) is 47.8 Å². The van der Waals surface area contributed by atoms with E-state index in [2.05, 4.69) is 15.7 Å². The number of hydrogen-bond donors (Lipinski definition) is 3. The zero-order valence-corrected chi connectivity index (χ0v) is 12.0. The molecule has 2 rings (SSSR count). The third-order valence-electron chi connectivity index (χ3n) is 3.11. The molecule has 2 aromatic rings. The lowest BCUT2D eigenvalue weighted by molar-refractivity contribution is -0.119. The van der Waals surface area contributed by atoms with E-state index in [1.807, 2.05) is 30.5 Å². The van der Waals surface area contributed by atoms with E-state index in [-0.39, 0.29) is 12.5 Å². The summed E-state index contributed by atoms with van der Waals surface area (Å²) in [5.74, 6) is 0.00649. The minimum Gasteiger partial charge on any atom is -0.394 e. The summed E-state index contributed by atoms with van der Waals surface area (Å²) < 4.78 is 1.71. The van der Waals surface area contributed by atoms with Crippen LogP contribution in [0.25, 0.3) is 0 Å². The third-order valence-corrected chi connectivity index (χ3v) is 3.11. The first-order valence-corrected chi connectivity index (χ1v) is 6.87. The van der Waals surface area contributed by atoms with Crippen LogP contribution in [0.15, 0.2) is 36.7 Å². The van der Waals surface area contributed by atoms with Gasteiger partial charge in [0.25, 0.3) is 0 Å². The molecule has 0 unspecified atom stereocenters. The maximum atomic E-state index is 11.3. The Morgan fingerprint density at radius 1 is 1.29 bits per heavy atom. The Balaban J connectivity index is 1.86. The fourth-order valence-corrected chi connectivity index (χ4v) is 1.94. The molecule has 0 bridgehead atoms. The Morgan fingerprint density at radius 3 is 2.71 bits per heavy atom. The Morgan fingerprint density at radius 2 is 2.05 bits per heavy atom. The summed E-state index contributed by atoms with van der Waals surface area (Å²) in [6.45, 7) is 1.26. The second-order valence-electron chi connectivity index (χ2n) is 4.74. The fourth-order valence-electron chi connectivity index (χ4n) is 1.94. The van der Waals surface area contributed by atoms with Crippen LogP contribution in [0.5, 0.6) is 0 Å². The van der Waals surface area contributed by atoms with Crippen LogP contribution in [0.3, 0.4) is 0 Å². The predicted octanol–water partition coefficient (Wildman–Crippen LogP) is 0.776. The number of likely N-dealkylation sites (N-methyl/N-ethyl adjacent to an activating group) is 1. The number of aliphatic hydroxyl groups excluding tert-OH is 1. The smallest absolute Gasteiger partial charge is 0.224 e. The molecule has 0 aliphatic heterocycles. The van der Waals surface area contributed by atoms with Crippen molar-refractivity contribution in [3.8, 4) is 0 Å². The van der Waals surface area contributed by atoms with E-state index in [0.29, 0.717) is 19.5 Å². The van der Waals surface area contributed by atoms with E-state index in [0.717, 1.165) is 16.8 Å². The first kappa shape index (κ1) is 15.1. The fraction of sp³-hybridized carbons (Fsp3) is 0.333. The Kier molecular flexibility index (Phi) is 5.34. The van der Waals surface area contributed by atoms with Gasteiger partial charge in [-0.05, 0) is 17.7 Å². The van der Waals surface area contributed by atoms with Crippen molar-refractivity contribution in [3.63, 3.8) is 0 Å². The highest BCUT2D eigenvalue weighted by atomic mass is 16.3. The van der Waals surface area contributed by atoms with Crippen LogP contribution in [0.1, 0.15) is 11.1 Å². The molecule has 1 amide bonds. The molecule has 1 aromatic carbocycles. The Bertz CT molecular complexity index is 578. The SMILES string of the molecule is CNC(=O)Cc1ccc(NCc2cnn(CCO)c2)cc1. The van der Waals surface area contributed by atoms with Crippen LogP contribution in [0, 0.1) is 0 Å². The van der Waals surface area contributed by atoms with Gasteiger partial charge in [0.15, 0.2) is 0 Å². The van der Waals surface area contributed by atoms with Crippen LogP contribution in [0.2, 0.25) is 0 Å². The molecule has 0 saturated heterocycles. The number of anilines is 1. The topological polar surface area (TPSA) is 79.2 Å². The summed E-state index contributed by atoms with van der Waals surface area (Å²) in [4.78, 5) is 11.3. The standard InChI is InChI=1S/C15H20N4O2/c1-16-15(21)8-12-2-4-14(5-3-12)17-9-13-10-18-19(11-13)6-7-20/h2-5,10-11,17,20H,6-9H2,1H3,(H,16,21). The quantitative estimate of drug-likeness (QED) is 0.703. The molecule has 0 aliphatic rings. The lowest BCUT2D eigenvalue weighted by atomic mass is 10.1. The first-order valence-electron chi connectivity index (χ1n) is 6.87. The number of aromatic nitrogens is 2. The Labute approximate surface area is 123 Å². The number of amides is 1. The van der Waals surface area contributed by atoms with Crippen molar-refractivity contribution >= 4 is 11.6 Å². The summed E-state index contributed by atoms with van der Waals surface area (Å²) in [5, 5.41) is 18.9. The number of nitrogens with one attached hydrogen (secondary N) is 2. The minimum absolute atomic E-state index is 0.00649. The van der Waals surface area contributed by atoms with Gasteiger partial charge >= 0.3 is 0 Å². The molecule has 0 atom stereocenters. The van der Waals surface area contributed by atoms with Crippen LogP contribution in [0.4, 0.5) is 5.69 Å². The highest BCUT2D eigenvalue weighted by Crippen LogP contribution is 2.11. The summed E-state index contributed by atoms with van der Waals surface area (Å²) in [7, 11) is 1.63. The predicted molar refractivity (Wildman–Crippen MR) is 80.9 cm³/mol. The van der Waals surface area contributed by atoms with E-state index in [1.165, 1.54) is 0 Å². The van der Waals surface area contributed by atoms with Gasteiger partial charge in [0.05, 0.1) is 25.8 Å². The highest BCUT2D eigenvalue weighted by molar-refractivity contribution is 5.78. The molecule has 0 fully saturated rings. The number of aliphatic hydroxyl groups is 1. The highest BCUT2D eigenvalue weighted by Gasteiger charge is 2.02. The minimum atomic E-state index is 0.00649. The number of rotatable bonds is 7. The van der Waals surface area contributed by atoms with Crippen molar-refractivity contribution in [2.75, 3.05) is 19.0 Å². The van der Waals surface area contributed by atoms with E-state index >= 15 is 0 Å². The summed E-state index contributed by atoms with van der Waals surface area (Å²) in [6, 6.07) is 7.78. The van der Waals surface area contributed by atoms with Gasteiger partial charge in [0.2, 0.25) is 5.91 Å². The molecule has 112 valence electrons. The van der Waals surface area contributed by atoms with E-state index in [4.69, 9.17) is 5.11 Å². The molecule has 0 saturated carbocycles. The van der Waals surface area contributed by atoms with E-state index in [1.54, 1.807) is 17.9 Å². The second kappa shape index (κ2) is 7.44. The van der Waals surface area contributed by atoms with Gasteiger partial charge < -0.3 is 15.7 Å². The summed E-state index contributed by atoms with van der Waals surface area (Å²) >= 11 is 0. The van der Waals surface area contributed by atoms with Crippen molar-refractivity contribution < 1.29 is 9.90 Å². The van der Waals surface area contributed by atoms with Gasteiger partial charge in [-0.25, -0.2) is 0 Å². The van der Waals surface area contributed by atoms with Gasteiger partial charge in [-0.1, -0.05) is 12.1 Å². The lowest BCUT2D eigenvalue weighted by Crippen LogP contribution is -2.19. The van der Waals surface area contributed by atoms with Crippen LogP contribution in [-0.4, -0.2) is 34.4 Å². The molecule has 3 N–H and O–H groups in total. The van der Waals surface area contributed by atoms with Gasteiger partial charge in [-0.15, -0.1) is 0 Å². The van der Waals surface area contributed by atoms with Gasteiger partial charge in [0, 0.05) is 31.0 Å². The molecule has 21 heavy (non-hydrogen) atoms. The Hall–Kier alpha value is -2.34. The normalized spacial score (nSPS) is 10.4. The van der Waals surface area contributed by atoms with Gasteiger partial charge in [-0.3, -0.25) is 9.48 Å².